The molecule has 0 aliphatic heterocycles. The van der Waals surface area contributed by atoms with E-state index in [2.05, 4.69) is 11.4 Å². The van der Waals surface area contributed by atoms with Crippen molar-refractivity contribution in [2.45, 2.75) is 31.2 Å². The molecule has 3 rings (SSSR count). The molecule has 2 aromatic rings. The minimum Gasteiger partial charge on any atom is -0.368 e. The van der Waals surface area contributed by atoms with Crippen LogP contribution >= 0.6 is 0 Å². The molecule has 118 valence electrons. The van der Waals surface area contributed by atoms with Gasteiger partial charge in [0.25, 0.3) is 0 Å². The molecule has 1 aliphatic rings. The molecule has 1 aliphatic carbocycles. The second-order valence-corrected chi connectivity index (χ2v) is 5.90. The molecule has 4 nitrogen and oxygen atoms in total. The fraction of sp³-hybridized carbons (Fsp3) is 0.263. The molecule has 0 heterocycles. The Hall–Kier alpha value is -2.62. The number of amides is 2. The first-order valence-electron chi connectivity index (χ1n) is 7.89. The second kappa shape index (κ2) is 6.65. The summed E-state index contributed by atoms with van der Waals surface area (Å²) in [7, 11) is 0. The number of primary amides is 1. The van der Waals surface area contributed by atoms with E-state index in [1.54, 1.807) is 12.1 Å². The highest BCUT2D eigenvalue weighted by molar-refractivity contribution is 5.91. The lowest BCUT2D eigenvalue weighted by Crippen LogP contribution is -2.40. The van der Waals surface area contributed by atoms with Crippen LogP contribution in [-0.2, 0) is 16.0 Å². The number of rotatable bonds is 4. The summed E-state index contributed by atoms with van der Waals surface area (Å²) in [6, 6.07) is 16.3. The molecule has 2 atom stereocenters. The summed E-state index contributed by atoms with van der Waals surface area (Å²) in [5.41, 5.74) is 8.47. The number of hydrogen-bond donors (Lipinski definition) is 2. The van der Waals surface area contributed by atoms with Gasteiger partial charge in [0.2, 0.25) is 11.8 Å². The van der Waals surface area contributed by atoms with Crippen molar-refractivity contribution in [1.82, 2.24) is 5.32 Å². The van der Waals surface area contributed by atoms with Crippen LogP contribution in [0.5, 0.6) is 0 Å². The monoisotopic (exact) mass is 308 g/mol. The van der Waals surface area contributed by atoms with E-state index < -0.39 is 11.9 Å². The van der Waals surface area contributed by atoms with Gasteiger partial charge in [-0.2, -0.15) is 0 Å². The third-order valence-corrected chi connectivity index (χ3v) is 4.39. The number of nitrogens with two attached hydrogens (primary N) is 1. The lowest BCUT2D eigenvalue weighted by atomic mass is 9.82. The highest BCUT2D eigenvalue weighted by atomic mass is 16.2. The lowest BCUT2D eigenvalue weighted by molar-refractivity contribution is -0.128. The fourth-order valence-electron chi connectivity index (χ4n) is 3.23. The van der Waals surface area contributed by atoms with Crippen molar-refractivity contribution >= 4 is 11.8 Å². The second-order valence-electron chi connectivity index (χ2n) is 5.90. The van der Waals surface area contributed by atoms with E-state index >= 15 is 0 Å². The van der Waals surface area contributed by atoms with E-state index in [-0.39, 0.29) is 11.8 Å². The van der Waals surface area contributed by atoms with Gasteiger partial charge in [0.15, 0.2) is 0 Å². The van der Waals surface area contributed by atoms with Crippen molar-refractivity contribution in [3.63, 3.8) is 0 Å². The molecule has 0 fully saturated rings. The van der Waals surface area contributed by atoms with E-state index in [9.17, 15) is 9.59 Å². The van der Waals surface area contributed by atoms with Crippen LogP contribution in [0.25, 0.3) is 0 Å². The van der Waals surface area contributed by atoms with E-state index in [1.807, 2.05) is 36.4 Å². The van der Waals surface area contributed by atoms with Gasteiger partial charge in [0.1, 0.15) is 6.04 Å². The topological polar surface area (TPSA) is 72.2 Å². The molecule has 0 aromatic heterocycles. The highest BCUT2D eigenvalue weighted by Gasteiger charge is 2.29. The van der Waals surface area contributed by atoms with E-state index in [0.29, 0.717) is 5.56 Å². The largest absolute Gasteiger partial charge is 0.368 e. The van der Waals surface area contributed by atoms with E-state index in [0.717, 1.165) is 24.8 Å². The molecule has 23 heavy (non-hydrogen) atoms. The highest BCUT2D eigenvalue weighted by Crippen LogP contribution is 2.32. The van der Waals surface area contributed by atoms with Crippen molar-refractivity contribution in [1.29, 1.82) is 0 Å². The Balaban J connectivity index is 1.82. The van der Waals surface area contributed by atoms with Gasteiger partial charge in [-0.05, 0) is 36.0 Å². The number of hydrogen-bond acceptors (Lipinski definition) is 2. The quantitative estimate of drug-likeness (QED) is 0.910. The van der Waals surface area contributed by atoms with Gasteiger partial charge >= 0.3 is 0 Å². The van der Waals surface area contributed by atoms with Crippen LogP contribution in [-0.4, -0.2) is 11.8 Å². The van der Waals surface area contributed by atoms with Gasteiger partial charge in [0.05, 0.1) is 5.92 Å². The number of benzene rings is 2. The zero-order valence-corrected chi connectivity index (χ0v) is 12.9. The molecule has 2 aromatic carbocycles. The molecule has 4 heteroatoms. The van der Waals surface area contributed by atoms with Crippen LogP contribution < -0.4 is 11.1 Å². The van der Waals surface area contributed by atoms with Crippen LogP contribution in [0.4, 0.5) is 0 Å². The van der Waals surface area contributed by atoms with Gasteiger partial charge in [-0.3, -0.25) is 9.59 Å². The molecule has 0 saturated carbocycles. The SMILES string of the molecule is NC(=O)[C@@H](NC(=O)[C@H]1CCCc2ccccc21)c1ccccc1. The molecule has 0 bridgehead atoms. The molecule has 2 amide bonds. The van der Waals surface area contributed by atoms with Crippen LogP contribution in [0, 0.1) is 0 Å². The number of carbonyl (C=O) groups is 2. The Morgan fingerprint density at radius 1 is 1.04 bits per heavy atom. The van der Waals surface area contributed by atoms with Gasteiger partial charge in [-0.15, -0.1) is 0 Å². The normalized spacial score (nSPS) is 17.8. The summed E-state index contributed by atoms with van der Waals surface area (Å²) >= 11 is 0. The average Bonchev–Trinajstić information content (AvgIpc) is 2.59. The summed E-state index contributed by atoms with van der Waals surface area (Å²) in [4.78, 5) is 24.5. The maximum atomic E-state index is 12.7. The predicted octanol–water partition coefficient (Wildman–Crippen LogP) is 2.45. The Morgan fingerprint density at radius 3 is 2.48 bits per heavy atom. The summed E-state index contributed by atoms with van der Waals surface area (Å²) in [5, 5.41) is 2.83. The fourth-order valence-corrected chi connectivity index (χ4v) is 3.23. The van der Waals surface area contributed by atoms with Crippen LogP contribution in [0.3, 0.4) is 0 Å². The Labute approximate surface area is 135 Å². The Morgan fingerprint density at radius 2 is 1.74 bits per heavy atom. The lowest BCUT2D eigenvalue weighted by Gasteiger charge is -2.26. The van der Waals surface area contributed by atoms with Gasteiger partial charge < -0.3 is 11.1 Å². The summed E-state index contributed by atoms with van der Waals surface area (Å²) < 4.78 is 0. The molecule has 0 saturated heterocycles. The third-order valence-electron chi connectivity index (χ3n) is 4.39. The van der Waals surface area contributed by atoms with E-state index in [4.69, 9.17) is 5.73 Å². The first-order chi connectivity index (χ1) is 11.2. The van der Waals surface area contributed by atoms with Crippen molar-refractivity contribution in [3.05, 3.63) is 71.3 Å². The van der Waals surface area contributed by atoms with Gasteiger partial charge in [-0.1, -0.05) is 54.6 Å². The van der Waals surface area contributed by atoms with E-state index in [1.165, 1.54) is 5.56 Å². The van der Waals surface area contributed by atoms with Crippen molar-refractivity contribution in [2.24, 2.45) is 5.73 Å². The van der Waals surface area contributed by atoms with Gasteiger partial charge in [0, 0.05) is 0 Å². The molecule has 0 radical (unpaired) electrons. The molecule has 0 spiro atoms. The average molecular weight is 308 g/mol. The Bertz CT molecular complexity index is 712. The van der Waals surface area contributed by atoms with Crippen molar-refractivity contribution in [3.8, 4) is 0 Å². The maximum Gasteiger partial charge on any atom is 0.244 e. The maximum absolute atomic E-state index is 12.7. The minimum absolute atomic E-state index is 0.134. The summed E-state index contributed by atoms with van der Waals surface area (Å²) in [6.45, 7) is 0. The molecular formula is C19H20N2O2. The number of fused-ring (bicyclic) bond motifs is 1. The van der Waals surface area contributed by atoms with Crippen LogP contribution in [0.2, 0.25) is 0 Å². The van der Waals surface area contributed by atoms with Gasteiger partial charge in [-0.25, -0.2) is 0 Å². The number of carbonyl (C=O) groups excluding carboxylic acids is 2. The molecule has 0 unspecified atom stereocenters. The zero-order valence-electron chi connectivity index (χ0n) is 12.9. The van der Waals surface area contributed by atoms with Crippen molar-refractivity contribution in [2.75, 3.05) is 0 Å². The van der Waals surface area contributed by atoms with Crippen molar-refractivity contribution < 1.29 is 9.59 Å². The summed E-state index contributed by atoms with van der Waals surface area (Å²) in [5.74, 6) is -0.899. The predicted molar refractivity (Wildman–Crippen MR) is 88.6 cm³/mol. The first-order valence-corrected chi connectivity index (χ1v) is 7.89. The molecule has 3 N–H and O–H groups in total. The first kappa shape index (κ1) is 15.3. The van der Waals surface area contributed by atoms with Crippen LogP contribution in [0.1, 0.15) is 41.5 Å². The summed E-state index contributed by atoms with van der Waals surface area (Å²) in [6.07, 6.45) is 2.77. The number of nitrogens with one attached hydrogen (secondary N) is 1. The third kappa shape index (κ3) is 3.26. The Kier molecular flexibility index (Phi) is 4.42. The standard InChI is InChI=1S/C19H20N2O2/c20-18(22)17(14-8-2-1-3-9-14)21-19(23)16-12-6-10-13-7-4-5-11-15(13)16/h1-5,7-9,11,16-17H,6,10,12H2,(H2,20,22)(H,21,23)/t16-,17-/m0/s1. The minimum atomic E-state index is -0.794. The van der Waals surface area contributed by atoms with Crippen LogP contribution in [0.15, 0.2) is 54.6 Å². The smallest absolute Gasteiger partial charge is 0.244 e. The molecular weight excluding hydrogens is 288 g/mol. The number of aryl methyl sites for hydroxylation is 1. The zero-order chi connectivity index (χ0) is 16.2.